The Morgan fingerprint density at radius 3 is 2.59 bits per heavy atom. The number of para-hydroxylation sites is 4. The zero-order valence-electron chi connectivity index (χ0n) is 14.9. The predicted octanol–water partition coefficient (Wildman–Crippen LogP) is 4.88. The minimum absolute atomic E-state index is 0.220. The lowest BCUT2D eigenvalue weighted by atomic mass is 10.1. The highest BCUT2D eigenvalue weighted by molar-refractivity contribution is 6.07. The average molecular weight is 357 g/mol. The molecule has 4 rings (SSSR count). The molecule has 0 bridgehead atoms. The number of rotatable bonds is 5. The molecule has 2 N–H and O–H groups in total. The zero-order chi connectivity index (χ0) is 18.6. The largest absolute Gasteiger partial charge is 0.493 e. The molecule has 0 spiro atoms. The highest BCUT2D eigenvalue weighted by Gasteiger charge is 2.15. The molecule has 4 aromatic rings. The van der Waals surface area contributed by atoms with Crippen LogP contribution in [0.5, 0.6) is 5.75 Å². The summed E-state index contributed by atoms with van der Waals surface area (Å²) < 4.78 is 5.57. The fourth-order valence-electron chi connectivity index (χ4n) is 3.00. The van der Waals surface area contributed by atoms with Gasteiger partial charge in [0.25, 0.3) is 5.91 Å². The van der Waals surface area contributed by atoms with E-state index >= 15 is 0 Å². The summed E-state index contributed by atoms with van der Waals surface area (Å²) >= 11 is 0. The molecule has 27 heavy (non-hydrogen) atoms. The van der Waals surface area contributed by atoms with Crippen molar-refractivity contribution < 1.29 is 9.53 Å². The third-order valence-corrected chi connectivity index (χ3v) is 4.25. The molecule has 1 aromatic heterocycles. The first-order valence-corrected chi connectivity index (χ1v) is 8.83. The molecule has 3 aromatic carbocycles. The minimum Gasteiger partial charge on any atom is -0.493 e. The topological polar surface area (TPSA) is 67.0 Å². The van der Waals surface area contributed by atoms with Crippen molar-refractivity contribution in [3.63, 3.8) is 0 Å². The standard InChI is InChI=1S/C22H19N3O2/c1-2-27-20-14-8-4-10-16(20)22(26)25-17-11-5-3-9-15(17)21-23-18-12-6-7-13-19(18)24-21/h3-14H,2H2,1H3,(H,23,24)(H,25,26). The molecule has 5 heteroatoms. The number of H-pyrrole nitrogens is 1. The molecule has 134 valence electrons. The lowest BCUT2D eigenvalue weighted by Gasteiger charge is -2.12. The highest BCUT2D eigenvalue weighted by Crippen LogP contribution is 2.28. The fraction of sp³-hybridized carbons (Fsp3) is 0.0909. The Morgan fingerprint density at radius 2 is 1.74 bits per heavy atom. The zero-order valence-corrected chi connectivity index (χ0v) is 14.9. The number of carbonyl (C=O) groups is 1. The summed E-state index contributed by atoms with van der Waals surface area (Å²) in [6, 6.07) is 22.7. The summed E-state index contributed by atoms with van der Waals surface area (Å²) in [5.74, 6) is 1.06. The van der Waals surface area contributed by atoms with Crippen LogP contribution in [0.3, 0.4) is 0 Å². The SMILES string of the molecule is CCOc1ccccc1C(=O)Nc1ccccc1-c1nc2ccccc2[nH]1. The van der Waals surface area contributed by atoms with Crippen molar-refractivity contribution in [2.75, 3.05) is 11.9 Å². The fourth-order valence-corrected chi connectivity index (χ4v) is 3.00. The van der Waals surface area contributed by atoms with Crippen LogP contribution in [0.2, 0.25) is 0 Å². The molecule has 0 radical (unpaired) electrons. The number of anilines is 1. The van der Waals surface area contributed by atoms with Crippen LogP contribution >= 0.6 is 0 Å². The van der Waals surface area contributed by atoms with Gasteiger partial charge in [-0.2, -0.15) is 0 Å². The third-order valence-electron chi connectivity index (χ3n) is 4.25. The van der Waals surface area contributed by atoms with E-state index in [0.29, 0.717) is 29.4 Å². The maximum absolute atomic E-state index is 12.8. The molecule has 0 aliphatic rings. The number of ether oxygens (including phenoxy) is 1. The number of hydrogen-bond acceptors (Lipinski definition) is 3. The van der Waals surface area contributed by atoms with E-state index in [9.17, 15) is 4.79 Å². The van der Waals surface area contributed by atoms with Gasteiger partial charge in [0.05, 0.1) is 28.9 Å². The maximum Gasteiger partial charge on any atom is 0.259 e. The predicted molar refractivity (Wildman–Crippen MR) is 107 cm³/mol. The summed E-state index contributed by atoms with van der Waals surface area (Å²) in [6.07, 6.45) is 0. The van der Waals surface area contributed by atoms with E-state index in [0.717, 1.165) is 16.6 Å². The van der Waals surface area contributed by atoms with Gasteiger partial charge in [-0.05, 0) is 43.3 Å². The van der Waals surface area contributed by atoms with Gasteiger partial charge in [-0.3, -0.25) is 4.79 Å². The number of nitrogens with one attached hydrogen (secondary N) is 2. The third kappa shape index (κ3) is 3.40. The lowest BCUT2D eigenvalue weighted by Crippen LogP contribution is -2.14. The number of aromatic nitrogens is 2. The molecular weight excluding hydrogens is 338 g/mol. The Hall–Kier alpha value is -3.60. The number of amides is 1. The van der Waals surface area contributed by atoms with Crippen LogP contribution in [0.1, 0.15) is 17.3 Å². The second-order valence-corrected chi connectivity index (χ2v) is 6.03. The lowest BCUT2D eigenvalue weighted by molar-refractivity contribution is 0.102. The molecule has 0 unspecified atom stereocenters. The van der Waals surface area contributed by atoms with E-state index in [-0.39, 0.29) is 5.91 Å². The number of carbonyl (C=O) groups excluding carboxylic acids is 1. The van der Waals surface area contributed by atoms with E-state index in [4.69, 9.17) is 4.74 Å². The van der Waals surface area contributed by atoms with E-state index in [1.807, 2.05) is 67.6 Å². The van der Waals surface area contributed by atoms with Crippen LogP contribution in [-0.2, 0) is 0 Å². The van der Waals surface area contributed by atoms with Crippen LogP contribution in [0.25, 0.3) is 22.4 Å². The number of benzene rings is 3. The Morgan fingerprint density at radius 1 is 1.00 bits per heavy atom. The number of imidazole rings is 1. The second-order valence-electron chi connectivity index (χ2n) is 6.03. The number of fused-ring (bicyclic) bond motifs is 1. The van der Waals surface area contributed by atoms with Gasteiger partial charge < -0.3 is 15.0 Å². The Balaban J connectivity index is 1.68. The van der Waals surface area contributed by atoms with Crippen LogP contribution in [0, 0.1) is 0 Å². The summed E-state index contributed by atoms with van der Waals surface area (Å²) in [5, 5.41) is 2.99. The number of hydrogen-bond donors (Lipinski definition) is 2. The first kappa shape index (κ1) is 16.8. The number of nitrogens with zero attached hydrogens (tertiary/aromatic N) is 1. The number of aromatic amines is 1. The van der Waals surface area contributed by atoms with Gasteiger partial charge in [0.15, 0.2) is 0 Å². The smallest absolute Gasteiger partial charge is 0.259 e. The molecule has 1 heterocycles. The van der Waals surface area contributed by atoms with Gasteiger partial charge in [0.1, 0.15) is 11.6 Å². The van der Waals surface area contributed by atoms with Crippen molar-refractivity contribution in [2.24, 2.45) is 0 Å². The molecule has 5 nitrogen and oxygen atoms in total. The maximum atomic E-state index is 12.8. The van der Waals surface area contributed by atoms with Gasteiger partial charge in [0.2, 0.25) is 0 Å². The molecular formula is C22H19N3O2. The molecule has 0 aliphatic heterocycles. The van der Waals surface area contributed by atoms with Gasteiger partial charge in [-0.25, -0.2) is 4.98 Å². The molecule has 0 saturated heterocycles. The molecule has 0 fully saturated rings. The van der Waals surface area contributed by atoms with Crippen molar-refractivity contribution in [3.8, 4) is 17.1 Å². The van der Waals surface area contributed by atoms with Crippen molar-refractivity contribution in [3.05, 3.63) is 78.4 Å². The summed E-state index contributed by atoms with van der Waals surface area (Å²) in [5.41, 5.74) is 3.85. The monoisotopic (exact) mass is 357 g/mol. The van der Waals surface area contributed by atoms with E-state index in [2.05, 4.69) is 15.3 Å². The normalized spacial score (nSPS) is 10.7. The molecule has 0 saturated carbocycles. The van der Waals surface area contributed by atoms with E-state index < -0.39 is 0 Å². The van der Waals surface area contributed by atoms with Gasteiger partial charge in [-0.1, -0.05) is 36.4 Å². The van der Waals surface area contributed by atoms with Crippen LogP contribution in [-0.4, -0.2) is 22.5 Å². The first-order chi connectivity index (χ1) is 13.3. The van der Waals surface area contributed by atoms with Crippen molar-refractivity contribution >= 4 is 22.6 Å². The highest BCUT2D eigenvalue weighted by atomic mass is 16.5. The van der Waals surface area contributed by atoms with Crippen molar-refractivity contribution in [1.29, 1.82) is 0 Å². The van der Waals surface area contributed by atoms with E-state index in [1.54, 1.807) is 12.1 Å². The van der Waals surface area contributed by atoms with Crippen molar-refractivity contribution in [1.82, 2.24) is 9.97 Å². The van der Waals surface area contributed by atoms with Crippen LogP contribution in [0.4, 0.5) is 5.69 Å². The summed E-state index contributed by atoms with van der Waals surface area (Å²) in [4.78, 5) is 20.8. The second kappa shape index (κ2) is 7.33. The van der Waals surface area contributed by atoms with Crippen LogP contribution < -0.4 is 10.1 Å². The summed E-state index contributed by atoms with van der Waals surface area (Å²) in [7, 11) is 0. The molecule has 0 aliphatic carbocycles. The van der Waals surface area contributed by atoms with Gasteiger partial charge in [-0.15, -0.1) is 0 Å². The van der Waals surface area contributed by atoms with Gasteiger partial charge >= 0.3 is 0 Å². The first-order valence-electron chi connectivity index (χ1n) is 8.83. The van der Waals surface area contributed by atoms with E-state index in [1.165, 1.54) is 0 Å². The molecule has 0 atom stereocenters. The Bertz CT molecular complexity index is 1070. The van der Waals surface area contributed by atoms with Gasteiger partial charge in [0, 0.05) is 5.56 Å². The van der Waals surface area contributed by atoms with Crippen molar-refractivity contribution in [2.45, 2.75) is 6.92 Å². The molecule has 1 amide bonds. The Labute approximate surface area is 157 Å². The minimum atomic E-state index is -0.220. The Kier molecular flexibility index (Phi) is 4.58. The quantitative estimate of drug-likeness (QED) is 0.535. The van der Waals surface area contributed by atoms with Crippen LogP contribution in [0.15, 0.2) is 72.8 Å². The average Bonchev–Trinajstić information content (AvgIpc) is 3.13. The summed E-state index contributed by atoms with van der Waals surface area (Å²) in [6.45, 7) is 2.39.